The third-order valence-corrected chi connectivity index (χ3v) is 5.92. The third kappa shape index (κ3) is 6.67. The van der Waals surface area contributed by atoms with Crippen LogP contribution in [-0.4, -0.2) is 27.0 Å². The second kappa shape index (κ2) is 10.2. The highest BCUT2D eigenvalue weighted by molar-refractivity contribution is 7.89. The Morgan fingerprint density at radius 2 is 1.65 bits per heavy atom. The van der Waals surface area contributed by atoms with E-state index >= 15 is 0 Å². The van der Waals surface area contributed by atoms with Crippen LogP contribution >= 0.6 is 0 Å². The van der Waals surface area contributed by atoms with Gasteiger partial charge in [0.2, 0.25) is 10.0 Å². The van der Waals surface area contributed by atoms with Gasteiger partial charge in [0.25, 0.3) is 5.91 Å². The van der Waals surface area contributed by atoms with E-state index in [9.17, 15) is 13.2 Å². The summed E-state index contributed by atoms with van der Waals surface area (Å²) in [6, 6.07) is 22.7. The molecule has 0 aromatic heterocycles. The topological polar surface area (TPSA) is 84.5 Å². The number of benzene rings is 3. The predicted octanol–water partition coefficient (Wildman–Crippen LogP) is 4.25. The van der Waals surface area contributed by atoms with Crippen molar-refractivity contribution < 1.29 is 17.9 Å². The summed E-state index contributed by atoms with van der Waals surface area (Å²) >= 11 is 0. The van der Waals surface area contributed by atoms with Gasteiger partial charge < -0.3 is 10.1 Å². The number of carbonyl (C=O) groups excluding carboxylic acids is 1. The fourth-order valence-electron chi connectivity index (χ4n) is 2.96. The molecule has 0 spiro atoms. The molecule has 6 nitrogen and oxygen atoms in total. The Bertz CT molecular complexity index is 1110. The number of amides is 1. The summed E-state index contributed by atoms with van der Waals surface area (Å²) in [7, 11) is -3.62. The van der Waals surface area contributed by atoms with Crippen molar-refractivity contribution in [2.45, 2.75) is 31.3 Å². The average Bonchev–Trinajstić information content (AvgIpc) is 2.74. The normalized spacial score (nSPS) is 11.3. The summed E-state index contributed by atoms with van der Waals surface area (Å²) in [4.78, 5) is 12.7. The molecular weight excluding hydrogens is 412 g/mol. The monoisotopic (exact) mass is 438 g/mol. The highest BCUT2D eigenvalue weighted by Crippen LogP contribution is 2.18. The highest BCUT2D eigenvalue weighted by Gasteiger charge is 2.14. The maximum atomic E-state index is 12.5. The zero-order valence-electron chi connectivity index (χ0n) is 17.5. The molecule has 0 fully saturated rings. The van der Waals surface area contributed by atoms with Crippen molar-refractivity contribution in [3.63, 3.8) is 0 Å². The Morgan fingerprint density at radius 1 is 0.935 bits per heavy atom. The minimum absolute atomic E-state index is 0.00843. The van der Waals surface area contributed by atoms with Gasteiger partial charge in [-0.3, -0.25) is 4.79 Å². The number of anilines is 1. The van der Waals surface area contributed by atoms with Gasteiger partial charge in [0.15, 0.2) is 0 Å². The number of carbonyl (C=O) groups is 1. The van der Waals surface area contributed by atoms with E-state index < -0.39 is 10.0 Å². The SMILES string of the molecule is CC(C)Oc1cccc(C(=O)Nc2ccc(S(=O)(=O)NCCc3ccccc3)cc2)c1. The molecule has 0 aliphatic rings. The summed E-state index contributed by atoms with van der Waals surface area (Å²) in [5.41, 5.74) is 2.02. The molecule has 1 amide bonds. The molecule has 0 aliphatic carbocycles. The van der Waals surface area contributed by atoms with Gasteiger partial charge >= 0.3 is 0 Å². The minimum atomic E-state index is -3.62. The lowest BCUT2D eigenvalue weighted by atomic mass is 10.2. The van der Waals surface area contributed by atoms with E-state index in [1.54, 1.807) is 36.4 Å². The maximum absolute atomic E-state index is 12.5. The first-order valence-electron chi connectivity index (χ1n) is 10.1. The Labute approximate surface area is 183 Å². The van der Waals surface area contributed by atoms with Gasteiger partial charge in [-0.15, -0.1) is 0 Å². The highest BCUT2D eigenvalue weighted by atomic mass is 32.2. The van der Waals surface area contributed by atoms with Crippen molar-refractivity contribution in [2.75, 3.05) is 11.9 Å². The van der Waals surface area contributed by atoms with Gasteiger partial charge in [-0.05, 0) is 68.3 Å². The lowest BCUT2D eigenvalue weighted by Gasteiger charge is -2.11. The molecule has 0 bridgehead atoms. The Balaban J connectivity index is 1.59. The predicted molar refractivity (Wildman–Crippen MR) is 122 cm³/mol. The van der Waals surface area contributed by atoms with Crippen molar-refractivity contribution in [1.82, 2.24) is 4.72 Å². The van der Waals surface area contributed by atoms with E-state index in [-0.39, 0.29) is 16.9 Å². The van der Waals surface area contributed by atoms with Gasteiger partial charge in [-0.2, -0.15) is 0 Å². The van der Waals surface area contributed by atoms with Crippen LogP contribution in [0, 0.1) is 0 Å². The largest absolute Gasteiger partial charge is 0.491 e. The summed E-state index contributed by atoms with van der Waals surface area (Å²) in [5.74, 6) is 0.316. The lowest BCUT2D eigenvalue weighted by Crippen LogP contribution is -2.26. The molecule has 0 atom stereocenters. The molecular formula is C24H26N2O4S. The zero-order chi connectivity index (χ0) is 22.3. The van der Waals surface area contributed by atoms with Crippen LogP contribution in [0.4, 0.5) is 5.69 Å². The van der Waals surface area contributed by atoms with E-state index in [0.717, 1.165) is 5.56 Å². The number of hydrogen-bond donors (Lipinski definition) is 2. The molecule has 7 heteroatoms. The quantitative estimate of drug-likeness (QED) is 0.523. The number of hydrogen-bond acceptors (Lipinski definition) is 4. The van der Waals surface area contributed by atoms with Crippen LogP contribution in [-0.2, 0) is 16.4 Å². The number of sulfonamides is 1. The van der Waals surface area contributed by atoms with Crippen molar-refractivity contribution in [3.05, 3.63) is 90.0 Å². The first-order chi connectivity index (χ1) is 14.8. The lowest BCUT2D eigenvalue weighted by molar-refractivity contribution is 0.102. The standard InChI is InChI=1S/C24H26N2O4S/c1-18(2)30-22-10-6-9-20(17-22)24(27)26-21-11-13-23(14-12-21)31(28,29)25-16-15-19-7-4-3-5-8-19/h3-14,17-18,25H,15-16H2,1-2H3,(H,26,27). The van der Waals surface area contributed by atoms with Gasteiger partial charge in [0.05, 0.1) is 11.0 Å². The van der Waals surface area contributed by atoms with Crippen molar-refractivity contribution in [3.8, 4) is 5.75 Å². The van der Waals surface area contributed by atoms with Gasteiger partial charge in [-0.1, -0.05) is 36.4 Å². The first-order valence-corrected chi connectivity index (χ1v) is 11.5. The molecule has 3 rings (SSSR count). The molecule has 0 saturated heterocycles. The molecule has 0 heterocycles. The summed E-state index contributed by atoms with van der Waals surface area (Å²) in [5, 5.41) is 2.77. The van der Waals surface area contributed by atoms with Crippen molar-refractivity contribution in [1.29, 1.82) is 0 Å². The molecule has 2 N–H and O–H groups in total. The van der Waals surface area contributed by atoms with E-state index in [2.05, 4.69) is 10.0 Å². The van der Waals surface area contributed by atoms with Crippen LogP contribution in [0.3, 0.4) is 0 Å². The fourth-order valence-corrected chi connectivity index (χ4v) is 3.99. The van der Waals surface area contributed by atoms with E-state index in [4.69, 9.17) is 4.74 Å². The van der Waals surface area contributed by atoms with Crippen LogP contribution in [0.1, 0.15) is 29.8 Å². The van der Waals surface area contributed by atoms with Crippen LogP contribution in [0.15, 0.2) is 83.8 Å². The summed E-state index contributed by atoms with van der Waals surface area (Å²) < 4.78 is 33.2. The van der Waals surface area contributed by atoms with Crippen LogP contribution in [0.5, 0.6) is 5.75 Å². The van der Waals surface area contributed by atoms with Gasteiger partial charge in [-0.25, -0.2) is 13.1 Å². The number of nitrogens with one attached hydrogen (secondary N) is 2. The Kier molecular flexibility index (Phi) is 7.44. The van der Waals surface area contributed by atoms with E-state index in [1.165, 1.54) is 12.1 Å². The first kappa shape index (κ1) is 22.5. The van der Waals surface area contributed by atoms with Crippen LogP contribution in [0.2, 0.25) is 0 Å². The van der Waals surface area contributed by atoms with E-state index in [0.29, 0.717) is 30.0 Å². The molecule has 162 valence electrons. The second-order valence-corrected chi connectivity index (χ2v) is 9.07. The third-order valence-electron chi connectivity index (χ3n) is 4.44. The second-order valence-electron chi connectivity index (χ2n) is 7.31. The smallest absolute Gasteiger partial charge is 0.255 e. The molecule has 3 aromatic carbocycles. The molecule has 0 unspecified atom stereocenters. The van der Waals surface area contributed by atoms with Crippen LogP contribution < -0.4 is 14.8 Å². The van der Waals surface area contributed by atoms with Crippen molar-refractivity contribution >= 4 is 21.6 Å². The van der Waals surface area contributed by atoms with Gasteiger partial charge in [0, 0.05) is 17.8 Å². The molecule has 0 radical (unpaired) electrons. The van der Waals surface area contributed by atoms with Crippen molar-refractivity contribution in [2.24, 2.45) is 0 Å². The van der Waals surface area contributed by atoms with E-state index in [1.807, 2.05) is 44.2 Å². The average molecular weight is 439 g/mol. The van der Waals surface area contributed by atoms with Gasteiger partial charge in [0.1, 0.15) is 5.75 Å². The fraction of sp³-hybridized carbons (Fsp3) is 0.208. The summed E-state index contributed by atoms with van der Waals surface area (Å²) in [6.07, 6.45) is 0.613. The number of rotatable bonds is 9. The maximum Gasteiger partial charge on any atom is 0.255 e. The Hall–Kier alpha value is -3.16. The summed E-state index contributed by atoms with van der Waals surface area (Å²) in [6.45, 7) is 4.14. The zero-order valence-corrected chi connectivity index (χ0v) is 18.4. The number of ether oxygens (including phenoxy) is 1. The Morgan fingerprint density at radius 3 is 2.32 bits per heavy atom. The molecule has 0 aliphatic heterocycles. The molecule has 0 saturated carbocycles. The molecule has 31 heavy (non-hydrogen) atoms. The molecule has 3 aromatic rings. The minimum Gasteiger partial charge on any atom is -0.491 e. The van der Waals surface area contributed by atoms with Crippen LogP contribution in [0.25, 0.3) is 0 Å².